The molecule has 6 nitrogen and oxygen atoms in total. The monoisotopic (exact) mass is 337 g/mol. The van der Waals surface area contributed by atoms with Crippen LogP contribution in [0.2, 0.25) is 0 Å². The fraction of sp³-hybridized carbons (Fsp3) is 0.667. The lowest BCUT2D eigenvalue weighted by Gasteiger charge is -2.37. The summed E-state index contributed by atoms with van der Waals surface area (Å²) in [4.78, 5) is 24.2. The molecular weight excluding hydrogens is 325 g/mol. The van der Waals surface area contributed by atoms with Crippen molar-refractivity contribution in [2.24, 2.45) is 0 Å². The van der Waals surface area contributed by atoms with E-state index in [1.54, 1.807) is 0 Å². The van der Waals surface area contributed by atoms with Crippen LogP contribution >= 0.6 is 22.9 Å². The number of hydrogen-bond acceptors (Lipinski definition) is 5. The van der Waals surface area contributed by atoms with Crippen LogP contribution < -0.4 is 0 Å². The number of carbonyl (C=O) groups excluding carboxylic acids is 2. The highest BCUT2D eigenvalue weighted by molar-refractivity contribution is 14.1. The molecule has 0 unspecified atom stereocenters. The van der Waals surface area contributed by atoms with E-state index in [-0.39, 0.29) is 12.5 Å². The second kappa shape index (κ2) is 6.00. The van der Waals surface area contributed by atoms with E-state index in [1.165, 1.54) is 12.0 Å². The van der Waals surface area contributed by atoms with Crippen LogP contribution in [0.4, 0.5) is 0 Å². The average molecular weight is 337 g/mol. The second-order valence-corrected chi connectivity index (χ2v) is 4.74. The van der Waals surface area contributed by atoms with Crippen molar-refractivity contribution in [1.29, 1.82) is 5.26 Å². The summed E-state index contributed by atoms with van der Waals surface area (Å²) in [5.74, 6) is -1.53. The quantitative estimate of drug-likeness (QED) is 0.290. The van der Waals surface area contributed by atoms with Crippen LogP contribution in [0, 0.1) is 11.3 Å². The summed E-state index contributed by atoms with van der Waals surface area (Å²) < 4.78 is 6.39. The van der Waals surface area contributed by atoms with Crippen LogP contribution in [0.5, 0.6) is 0 Å². The van der Waals surface area contributed by atoms with Crippen LogP contribution in [0.3, 0.4) is 0 Å². The van der Waals surface area contributed by atoms with Crippen molar-refractivity contribution >= 4 is 34.7 Å². The van der Waals surface area contributed by atoms with Crippen LogP contribution in [-0.4, -0.2) is 52.7 Å². The van der Waals surface area contributed by atoms with Gasteiger partial charge in [0.15, 0.2) is 0 Å². The van der Waals surface area contributed by atoms with Crippen molar-refractivity contribution < 1.29 is 14.3 Å². The molecule has 7 heteroatoms. The molecule has 0 aliphatic carbocycles. The smallest absolute Gasteiger partial charge is 0.396 e. The SMILES string of the molecule is COC(=O)C(=O)N1CCN(I)C[C@@H]1CC#N. The van der Waals surface area contributed by atoms with Crippen molar-refractivity contribution in [3.05, 3.63) is 0 Å². The topological polar surface area (TPSA) is 73.6 Å². The number of halogens is 1. The summed E-state index contributed by atoms with van der Waals surface area (Å²) in [5.41, 5.74) is 0. The Morgan fingerprint density at radius 3 is 2.81 bits per heavy atom. The molecule has 1 saturated heterocycles. The number of carbonyl (C=O) groups is 2. The Bertz CT molecular complexity index is 328. The van der Waals surface area contributed by atoms with Gasteiger partial charge in [-0.1, -0.05) is 0 Å². The van der Waals surface area contributed by atoms with E-state index in [2.05, 4.69) is 27.6 Å². The third kappa shape index (κ3) is 3.05. The first-order valence-corrected chi connectivity index (χ1v) is 5.73. The molecule has 1 fully saturated rings. The van der Waals surface area contributed by atoms with E-state index in [0.717, 1.165) is 0 Å². The van der Waals surface area contributed by atoms with E-state index in [9.17, 15) is 9.59 Å². The number of methoxy groups -OCH3 is 1. The Morgan fingerprint density at radius 1 is 1.56 bits per heavy atom. The number of piperazine rings is 1. The predicted molar refractivity (Wildman–Crippen MR) is 63.3 cm³/mol. The Balaban J connectivity index is 2.73. The van der Waals surface area contributed by atoms with Crippen LogP contribution in [0.1, 0.15) is 6.42 Å². The lowest BCUT2D eigenvalue weighted by Crippen LogP contribution is -2.54. The van der Waals surface area contributed by atoms with Crippen molar-refractivity contribution in [2.45, 2.75) is 12.5 Å². The molecule has 0 N–H and O–H groups in total. The summed E-state index contributed by atoms with van der Waals surface area (Å²) in [5, 5.41) is 8.68. The van der Waals surface area contributed by atoms with E-state index in [1.807, 2.05) is 9.18 Å². The van der Waals surface area contributed by atoms with Gasteiger partial charge < -0.3 is 9.64 Å². The van der Waals surface area contributed by atoms with Gasteiger partial charge in [0.1, 0.15) is 0 Å². The Hall–Kier alpha value is -0.880. The molecule has 0 bridgehead atoms. The van der Waals surface area contributed by atoms with Gasteiger partial charge in [-0.2, -0.15) is 5.26 Å². The van der Waals surface area contributed by atoms with Crippen LogP contribution in [-0.2, 0) is 14.3 Å². The number of rotatable bonds is 1. The summed E-state index contributed by atoms with van der Waals surface area (Å²) in [6.45, 7) is 1.73. The maximum atomic E-state index is 11.6. The molecule has 1 heterocycles. The predicted octanol–water partition coefficient (Wildman–Crippen LogP) is -0.0641. The minimum atomic E-state index is -0.871. The van der Waals surface area contributed by atoms with E-state index < -0.39 is 11.9 Å². The number of hydrogen-bond donors (Lipinski definition) is 0. The van der Waals surface area contributed by atoms with Crippen molar-refractivity contribution in [2.75, 3.05) is 26.7 Å². The van der Waals surface area contributed by atoms with Gasteiger partial charge in [0.25, 0.3) is 0 Å². The number of nitrogens with zero attached hydrogens (tertiary/aromatic N) is 3. The molecule has 0 saturated carbocycles. The van der Waals surface area contributed by atoms with E-state index >= 15 is 0 Å². The highest BCUT2D eigenvalue weighted by Crippen LogP contribution is 2.16. The number of nitriles is 1. The molecule has 1 rings (SSSR count). The van der Waals surface area contributed by atoms with E-state index in [0.29, 0.717) is 19.6 Å². The highest BCUT2D eigenvalue weighted by atomic mass is 127. The summed E-state index contributed by atoms with van der Waals surface area (Å²) in [7, 11) is 1.17. The molecule has 1 aliphatic heterocycles. The van der Waals surface area contributed by atoms with Crippen LogP contribution in [0.25, 0.3) is 0 Å². The lowest BCUT2D eigenvalue weighted by atomic mass is 10.1. The first-order valence-electron chi connectivity index (χ1n) is 4.76. The zero-order valence-electron chi connectivity index (χ0n) is 8.85. The Kier molecular flexibility index (Phi) is 4.95. The van der Waals surface area contributed by atoms with Crippen molar-refractivity contribution in [1.82, 2.24) is 8.01 Å². The Labute approximate surface area is 108 Å². The minimum Gasteiger partial charge on any atom is -0.462 e. The molecule has 0 spiro atoms. The van der Waals surface area contributed by atoms with Gasteiger partial charge in [-0.15, -0.1) is 0 Å². The van der Waals surface area contributed by atoms with Gasteiger partial charge in [0, 0.05) is 42.5 Å². The number of ether oxygens (including phenoxy) is 1. The molecule has 1 amide bonds. The molecule has 0 radical (unpaired) electrons. The van der Waals surface area contributed by atoms with Crippen LogP contribution in [0.15, 0.2) is 0 Å². The first kappa shape index (κ1) is 13.2. The molecular formula is C9H12IN3O3. The highest BCUT2D eigenvalue weighted by Gasteiger charge is 2.33. The summed E-state index contributed by atoms with van der Waals surface area (Å²) in [6, 6.07) is 1.79. The zero-order chi connectivity index (χ0) is 12.1. The molecule has 1 aliphatic rings. The van der Waals surface area contributed by atoms with Crippen molar-refractivity contribution in [3.8, 4) is 6.07 Å². The molecule has 0 aromatic carbocycles. The maximum absolute atomic E-state index is 11.6. The fourth-order valence-electron chi connectivity index (χ4n) is 1.57. The largest absolute Gasteiger partial charge is 0.462 e. The van der Waals surface area contributed by atoms with Gasteiger partial charge in [-0.25, -0.2) is 7.91 Å². The first-order chi connectivity index (χ1) is 7.60. The Morgan fingerprint density at radius 2 is 2.25 bits per heavy atom. The third-order valence-corrected chi connectivity index (χ3v) is 3.26. The maximum Gasteiger partial charge on any atom is 0.396 e. The minimum absolute atomic E-state index is 0.224. The van der Waals surface area contributed by atoms with Gasteiger partial charge in [0.05, 0.1) is 25.6 Å². The lowest BCUT2D eigenvalue weighted by molar-refractivity contribution is -0.160. The summed E-state index contributed by atoms with van der Waals surface area (Å²) >= 11 is 2.14. The molecule has 1 atom stereocenters. The summed E-state index contributed by atoms with van der Waals surface area (Å²) in [6.07, 6.45) is 0.224. The van der Waals surface area contributed by atoms with Gasteiger partial charge in [0.2, 0.25) is 0 Å². The third-order valence-electron chi connectivity index (χ3n) is 2.38. The van der Waals surface area contributed by atoms with Gasteiger partial charge >= 0.3 is 11.9 Å². The molecule has 16 heavy (non-hydrogen) atoms. The second-order valence-electron chi connectivity index (χ2n) is 3.38. The average Bonchev–Trinajstić information content (AvgIpc) is 2.28. The van der Waals surface area contributed by atoms with Crippen molar-refractivity contribution in [3.63, 3.8) is 0 Å². The van der Waals surface area contributed by atoms with Gasteiger partial charge in [-0.05, 0) is 0 Å². The standard InChI is InChI=1S/C9H12IN3O3/c1-16-9(15)8(14)13-5-4-12(10)6-7(13)2-3-11/h7H,2,4-6H2,1H3/t7-/m0/s1. The molecule has 0 aromatic rings. The molecule has 88 valence electrons. The normalized spacial score (nSPS) is 21.3. The fourth-order valence-corrected chi connectivity index (χ4v) is 2.24. The number of amides is 1. The molecule has 0 aromatic heterocycles. The van der Waals surface area contributed by atoms with E-state index in [4.69, 9.17) is 5.26 Å². The van der Waals surface area contributed by atoms with Gasteiger partial charge in [-0.3, -0.25) is 4.79 Å². The number of esters is 1. The zero-order valence-corrected chi connectivity index (χ0v) is 11.0.